The monoisotopic (exact) mass is 518 g/mol. The minimum atomic E-state index is -3.78. The molecule has 192 valence electrons. The highest BCUT2D eigenvalue weighted by Crippen LogP contribution is 2.30. The third-order valence-electron chi connectivity index (χ3n) is 6.93. The number of piperidine rings is 1. The number of likely N-dealkylation sites (N-methyl/N-ethyl adjacent to an activating group) is 1. The Morgan fingerprint density at radius 2 is 1.84 bits per heavy atom. The van der Waals surface area contributed by atoms with E-state index in [2.05, 4.69) is 44.9 Å². The summed E-state index contributed by atoms with van der Waals surface area (Å²) < 4.78 is 23.2. The van der Waals surface area contributed by atoms with E-state index in [9.17, 15) is 13.2 Å². The zero-order chi connectivity index (χ0) is 26.0. The number of nitrogens with zero attached hydrogens (tertiary/aromatic N) is 2. The number of nitrogens with one attached hydrogen (secondary N) is 3. The molecule has 0 radical (unpaired) electrons. The van der Waals surface area contributed by atoms with Gasteiger partial charge >= 0.3 is 6.03 Å². The number of anilines is 1. The molecule has 2 heterocycles. The summed E-state index contributed by atoms with van der Waals surface area (Å²) in [5, 5.41) is 19.6. The lowest BCUT2D eigenvalue weighted by atomic mass is 9.91. The number of carbonyl (C=O) groups excluding carboxylic acids is 1. The number of rotatable bonds is 6. The summed E-state index contributed by atoms with van der Waals surface area (Å²) in [6.45, 7) is 1.01. The van der Waals surface area contributed by atoms with Crippen molar-refractivity contribution in [3.05, 3.63) is 78.4 Å². The number of nitrogens with two attached hydrogens (primary N) is 1. The second-order valence-corrected chi connectivity index (χ2v) is 11.0. The van der Waals surface area contributed by atoms with Gasteiger partial charge in [-0.3, -0.25) is 5.10 Å². The fraction of sp³-hybridized carbons (Fsp3) is 0.259. The van der Waals surface area contributed by atoms with Gasteiger partial charge in [0, 0.05) is 22.7 Å². The van der Waals surface area contributed by atoms with Crippen LogP contribution >= 0.6 is 0 Å². The van der Waals surface area contributed by atoms with Crippen LogP contribution in [0.2, 0.25) is 0 Å². The molecule has 9 nitrogen and oxygen atoms in total. The SMILES string of the molecule is CN1CCCC[C@@H]1[C@H](NC(=O)Nc1ccc2[nH]nc(-c3ccc(S(N)(=O)=O)cc3)c2c1)c1ccccc1. The van der Waals surface area contributed by atoms with Crippen LogP contribution in [0.1, 0.15) is 30.9 Å². The molecule has 1 aliphatic heterocycles. The van der Waals surface area contributed by atoms with E-state index < -0.39 is 10.0 Å². The third-order valence-corrected chi connectivity index (χ3v) is 7.86. The first-order chi connectivity index (χ1) is 17.8. The van der Waals surface area contributed by atoms with Crippen molar-refractivity contribution in [1.29, 1.82) is 0 Å². The highest BCUT2D eigenvalue weighted by molar-refractivity contribution is 7.89. The maximum absolute atomic E-state index is 13.2. The molecule has 10 heteroatoms. The lowest BCUT2D eigenvalue weighted by Gasteiger charge is -2.38. The van der Waals surface area contributed by atoms with Gasteiger partial charge in [-0.25, -0.2) is 18.4 Å². The van der Waals surface area contributed by atoms with Gasteiger partial charge in [-0.1, -0.05) is 48.9 Å². The van der Waals surface area contributed by atoms with Gasteiger partial charge in [-0.15, -0.1) is 0 Å². The third kappa shape index (κ3) is 5.51. The molecule has 4 aromatic rings. The van der Waals surface area contributed by atoms with Crippen molar-refractivity contribution in [3.8, 4) is 11.3 Å². The maximum atomic E-state index is 13.2. The predicted molar refractivity (Wildman–Crippen MR) is 145 cm³/mol. The number of H-pyrrole nitrogens is 1. The summed E-state index contributed by atoms with van der Waals surface area (Å²) in [6.07, 6.45) is 3.32. The van der Waals surface area contributed by atoms with Crippen LogP contribution in [0.25, 0.3) is 22.2 Å². The molecule has 1 aromatic heterocycles. The quantitative estimate of drug-likeness (QED) is 0.303. The Balaban J connectivity index is 1.37. The average molecular weight is 519 g/mol. The first-order valence-electron chi connectivity index (χ1n) is 12.2. The molecule has 0 unspecified atom stereocenters. The van der Waals surface area contributed by atoms with Crippen molar-refractivity contribution in [1.82, 2.24) is 20.4 Å². The summed E-state index contributed by atoms with van der Waals surface area (Å²) >= 11 is 0. The van der Waals surface area contributed by atoms with E-state index in [1.54, 1.807) is 12.1 Å². The van der Waals surface area contributed by atoms with Crippen LogP contribution < -0.4 is 15.8 Å². The van der Waals surface area contributed by atoms with Crippen LogP contribution in [0.15, 0.2) is 77.7 Å². The molecule has 37 heavy (non-hydrogen) atoms. The molecule has 5 N–H and O–H groups in total. The van der Waals surface area contributed by atoms with E-state index in [4.69, 9.17) is 5.14 Å². The molecule has 0 bridgehead atoms. The summed E-state index contributed by atoms with van der Waals surface area (Å²) in [6, 6.07) is 21.6. The number of carbonyl (C=O) groups is 1. The number of sulfonamides is 1. The number of hydrogen-bond donors (Lipinski definition) is 4. The molecule has 1 aliphatic rings. The van der Waals surface area contributed by atoms with E-state index in [-0.39, 0.29) is 23.0 Å². The van der Waals surface area contributed by atoms with E-state index in [0.717, 1.165) is 41.4 Å². The largest absolute Gasteiger partial charge is 0.329 e. The molecule has 0 spiro atoms. The molecule has 1 saturated heterocycles. The van der Waals surface area contributed by atoms with E-state index in [1.807, 2.05) is 36.4 Å². The van der Waals surface area contributed by atoms with Crippen molar-refractivity contribution >= 4 is 32.6 Å². The van der Waals surface area contributed by atoms with Crippen molar-refractivity contribution in [3.63, 3.8) is 0 Å². The Morgan fingerprint density at radius 1 is 1.08 bits per heavy atom. The highest BCUT2D eigenvalue weighted by Gasteiger charge is 2.30. The molecular weight excluding hydrogens is 488 g/mol. The first kappa shape index (κ1) is 24.9. The number of amides is 2. The van der Waals surface area contributed by atoms with Crippen molar-refractivity contribution in [2.45, 2.75) is 36.2 Å². The molecule has 3 aromatic carbocycles. The smallest absolute Gasteiger partial charge is 0.319 e. The van der Waals surface area contributed by atoms with E-state index >= 15 is 0 Å². The average Bonchev–Trinajstić information content (AvgIpc) is 3.31. The Bertz CT molecular complexity index is 1500. The fourth-order valence-corrected chi connectivity index (χ4v) is 5.52. The van der Waals surface area contributed by atoms with Gasteiger partial charge < -0.3 is 15.5 Å². The van der Waals surface area contributed by atoms with Gasteiger partial charge in [0.1, 0.15) is 0 Å². The number of aromatic amines is 1. The highest BCUT2D eigenvalue weighted by atomic mass is 32.2. The second-order valence-electron chi connectivity index (χ2n) is 9.43. The van der Waals surface area contributed by atoms with Gasteiger partial charge in [-0.05, 0) is 62.3 Å². The van der Waals surface area contributed by atoms with Crippen molar-refractivity contribution in [2.24, 2.45) is 5.14 Å². The van der Waals surface area contributed by atoms with Crippen molar-refractivity contribution in [2.75, 3.05) is 18.9 Å². The lowest BCUT2D eigenvalue weighted by Crippen LogP contribution is -2.47. The van der Waals surface area contributed by atoms with Crippen LogP contribution in [-0.4, -0.2) is 49.2 Å². The Hall–Kier alpha value is -3.73. The zero-order valence-electron chi connectivity index (χ0n) is 20.5. The molecule has 5 rings (SSSR count). The maximum Gasteiger partial charge on any atom is 0.319 e. The number of likely N-dealkylation sites (tertiary alicyclic amines) is 1. The Kier molecular flexibility index (Phi) is 6.96. The molecule has 1 fully saturated rings. The number of aromatic nitrogens is 2. The Morgan fingerprint density at radius 3 is 2.54 bits per heavy atom. The van der Waals surface area contributed by atoms with Crippen LogP contribution in [0.4, 0.5) is 10.5 Å². The second kappa shape index (κ2) is 10.3. The van der Waals surface area contributed by atoms with E-state index in [1.165, 1.54) is 18.6 Å². The lowest BCUT2D eigenvalue weighted by molar-refractivity contribution is 0.147. The summed E-state index contributed by atoms with van der Waals surface area (Å²) in [5.41, 5.74) is 3.86. The van der Waals surface area contributed by atoms with Gasteiger partial charge in [0.25, 0.3) is 0 Å². The van der Waals surface area contributed by atoms with Crippen LogP contribution in [-0.2, 0) is 10.0 Å². The van der Waals surface area contributed by atoms with Gasteiger partial charge in [0.2, 0.25) is 10.0 Å². The standard InChI is InChI=1S/C27H30N6O3S/c1-33-16-6-5-9-24(33)26(18-7-3-2-4-8-18)30-27(34)29-20-12-15-23-22(17-20)25(32-31-23)19-10-13-21(14-11-19)37(28,35)36/h2-4,7-8,10-15,17,24,26H,5-6,9,16H2,1H3,(H,31,32)(H2,28,35,36)(H2,29,30,34)/t24-,26-/m1/s1. The van der Waals surface area contributed by atoms with Crippen LogP contribution in [0.5, 0.6) is 0 Å². The minimum absolute atomic E-state index is 0.0340. The Labute approximate surface area is 216 Å². The van der Waals surface area contributed by atoms with Crippen molar-refractivity contribution < 1.29 is 13.2 Å². The number of benzene rings is 3. The topological polar surface area (TPSA) is 133 Å². The number of primary sulfonamides is 1. The summed E-state index contributed by atoms with van der Waals surface area (Å²) in [5.74, 6) is 0. The molecule has 2 atom stereocenters. The first-order valence-corrected chi connectivity index (χ1v) is 13.8. The minimum Gasteiger partial charge on any atom is -0.329 e. The van der Waals surface area contributed by atoms with Gasteiger partial charge in [-0.2, -0.15) is 5.10 Å². The predicted octanol–water partition coefficient (Wildman–Crippen LogP) is 4.22. The molecule has 0 aliphatic carbocycles. The summed E-state index contributed by atoms with van der Waals surface area (Å²) in [7, 11) is -1.66. The molecule has 0 saturated carbocycles. The van der Waals surface area contributed by atoms with Crippen LogP contribution in [0.3, 0.4) is 0 Å². The number of urea groups is 1. The zero-order valence-corrected chi connectivity index (χ0v) is 21.3. The fourth-order valence-electron chi connectivity index (χ4n) is 5.01. The van der Waals surface area contributed by atoms with Crippen LogP contribution in [0, 0.1) is 0 Å². The number of hydrogen-bond acceptors (Lipinski definition) is 5. The summed E-state index contributed by atoms with van der Waals surface area (Å²) in [4.78, 5) is 15.5. The van der Waals surface area contributed by atoms with E-state index in [0.29, 0.717) is 11.4 Å². The normalized spacial score (nSPS) is 17.4. The molecule has 2 amide bonds. The van der Waals surface area contributed by atoms with Gasteiger partial charge in [0.15, 0.2) is 0 Å². The van der Waals surface area contributed by atoms with Gasteiger partial charge in [0.05, 0.1) is 22.1 Å². The number of fused-ring (bicyclic) bond motifs is 1. The molecular formula is C27H30N6O3S.